The molecular weight excluding hydrogens is 260 g/mol. The molecule has 4 nitrogen and oxygen atoms in total. The first-order chi connectivity index (χ1) is 8.95. The summed E-state index contributed by atoms with van der Waals surface area (Å²) in [5.41, 5.74) is 7.09. The zero-order valence-corrected chi connectivity index (χ0v) is 12.0. The quantitative estimate of drug-likeness (QED) is 0.811. The minimum atomic E-state index is -3.50. The number of hydrogen-bond donors (Lipinski definition) is 2. The van der Waals surface area contributed by atoms with Crippen LogP contribution in [0.1, 0.15) is 31.2 Å². The van der Waals surface area contributed by atoms with Gasteiger partial charge in [-0.2, -0.15) is 0 Å². The van der Waals surface area contributed by atoms with Crippen molar-refractivity contribution in [3.63, 3.8) is 0 Å². The summed E-state index contributed by atoms with van der Waals surface area (Å²) >= 11 is 0. The number of anilines is 1. The standard InChI is InChI=1S/C14H20N2O2S/c1-10-3-2-4-12(15)13(10)19(17,18)16-9-14(7-8-14)11-5-6-11/h2-4,11,16H,5-9,15H2,1H3. The number of aryl methyl sites for hydroxylation is 1. The number of hydrogen-bond acceptors (Lipinski definition) is 3. The molecule has 0 aliphatic heterocycles. The van der Waals surface area contributed by atoms with Gasteiger partial charge in [0.2, 0.25) is 10.0 Å². The van der Waals surface area contributed by atoms with E-state index in [0.717, 1.165) is 18.8 Å². The van der Waals surface area contributed by atoms with Crippen molar-refractivity contribution in [1.29, 1.82) is 0 Å². The van der Waals surface area contributed by atoms with Crippen molar-refractivity contribution >= 4 is 15.7 Å². The van der Waals surface area contributed by atoms with E-state index in [2.05, 4.69) is 4.72 Å². The third kappa shape index (κ3) is 2.37. The maximum absolute atomic E-state index is 12.4. The Morgan fingerprint density at radius 1 is 1.37 bits per heavy atom. The van der Waals surface area contributed by atoms with Gasteiger partial charge < -0.3 is 5.73 Å². The molecule has 0 radical (unpaired) electrons. The van der Waals surface area contributed by atoms with Crippen LogP contribution in [0.5, 0.6) is 0 Å². The van der Waals surface area contributed by atoms with Crippen LogP contribution in [-0.4, -0.2) is 15.0 Å². The van der Waals surface area contributed by atoms with Crippen molar-refractivity contribution in [3.8, 4) is 0 Å². The Hall–Kier alpha value is -1.07. The van der Waals surface area contributed by atoms with E-state index in [-0.39, 0.29) is 10.3 Å². The first-order valence-corrected chi connectivity index (χ1v) is 8.28. The van der Waals surface area contributed by atoms with Crippen molar-refractivity contribution < 1.29 is 8.42 Å². The Balaban J connectivity index is 1.79. The predicted molar refractivity (Wildman–Crippen MR) is 75.2 cm³/mol. The average Bonchev–Trinajstić information content (AvgIpc) is 3.19. The molecule has 0 heterocycles. The smallest absolute Gasteiger partial charge is 0.242 e. The monoisotopic (exact) mass is 280 g/mol. The summed E-state index contributed by atoms with van der Waals surface area (Å²) in [6, 6.07) is 5.18. The maximum Gasteiger partial charge on any atom is 0.242 e. The molecule has 2 saturated carbocycles. The zero-order valence-electron chi connectivity index (χ0n) is 11.1. The third-order valence-corrected chi connectivity index (χ3v) is 6.08. The Morgan fingerprint density at radius 2 is 2.05 bits per heavy atom. The predicted octanol–water partition coefficient (Wildman–Crippen LogP) is 2.05. The van der Waals surface area contributed by atoms with Crippen LogP contribution in [0.3, 0.4) is 0 Å². The summed E-state index contributed by atoms with van der Waals surface area (Å²) in [4.78, 5) is 0.238. The first-order valence-electron chi connectivity index (χ1n) is 6.79. The van der Waals surface area contributed by atoms with Crippen LogP contribution in [0.15, 0.2) is 23.1 Å². The Bertz CT molecular complexity index is 582. The molecule has 1 aromatic rings. The van der Waals surface area contributed by atoms with E-state index in [1.807, 2.05) is 0 Å². The second-order valence-electron chi connectivity index (χ2n) is 5.95. The first kappa shape index (κ1) is 12.9. The second-order valence-corrected chi connectivity index (χ2v) is 7.66. The van der Waals surface area contributed by atoms with E-state index in [0.29, 0.717) is 17.8 Å². The van der Waals surface area contributed by atoms with Crippen LogP contribution in [0.25, 0.3) is 0 Å². The normalized spacial score (nSPS) is 21.3. The van der Waals surface area contributed by atoms with Gasteiger partial charge in [-0.3, -0.25) is 0 Å². The molecule has 0 saturated heterocycles. The summed E-state index contributed by atoms with van der Waals surface area (Å²) in [6.07, 6.45) is 4.83. The van der Waals surface area contributed by atoms with E-state index in [9.17, 15) is 8.42 Å². The number of rotatable bonds is 5. The van der Waals surface area contributed by atoms with Gasteiger partial charge in [-0.25, -0.2) is 13.1 Å². The fraction of sp³-hybridized carbons (Fsp3) is 0.571. The lowest BCUT2D eigenvalue weighted by molar-refractivity contribution is 0.432. The van der Waals surface area contributed by atoms with Gasteiger partial charge in [-0.05, 0) is 55.6 Å². The number of nitrogens with two attached hydrogens (primary N) is 1. The third-order valence-electron chi connectivity index (χ3n) is 4.46. The van der Waals surface area contributed by atoms with Crippen molar-refractivity contribution in [3.05, 3.63) is 23.8 Å². The zero-order chi connectivity index (χ0) is 13.7. The van der Waals surface area contributed by atoms with Crippen molar-refractivity contribution in [2.24, 2.45) is 11.3 Å². The fourth-order valence-corrected chi connectivity index (χ4v) is 4.43. The summed E-state index contributed by atoms with van der Waals surface area (Å²) in [5.74, 6) is 0.740. The number of sulfonamides is 1. The molecule has 3 N–H and O–H groups in total. The molecule has 0 amide bonds. The maximum atomic E-state index is 12.4. The molecule has 1 aromatic carbocycles. The van der Waals surface area contributed by atoms with Crippen LogP contribution in [-0.2, 0) is 10.0 Å². The van der Waals surface area contributed by atoms with E-state index in [1.54, 1.807) is 25.1 Å². The molecule has 2 aliphatic rings. The molecule has 104 valence electrons. The molecule has 0 spiro atoms. The Labute approximate surface area is 114 Å². The molecule has 5 heteroatoms. The molecule has 19 heavy (non-hydrogen) atoms. The summed E-state index contributed by atoms with van der Waals surface area (Å²) < 4.78 is 27.6. The van der Waals surface area contributed by atoms with Crippen molar-refractivity contribution in [1.82, 2.24) is 4.72 Å². The topological polar surface area (TPSA) is 72.2 Å². The summed E-state index contributed by atoms with van der Waals surface area (Å²) in [5, 5.41) is 0. The van der Waals surface area contributed by atoms with E-state index >= 15 is 0 Å². The highest BCUT2D eigenvalue weighted by atomic mass is 32.2. The van der Waals surface area contributed by atoms with Gasteiger partial charge in [-0.15, -0.1) is 0 Å². The van der Waals surface area contributed by atoms with Crippen LogP contribution in [0.4, 0.5) is 5.69 Å². The van der Waals surface area contributed by atoms with Gasteiger partial charge in [0, 0.05) is 6.54 Å². The minimum absolute atomic E-state index is 0.238. The van der Waals surface area contributed by atoms with Crippen LogP contribution >= 0.6 is 0 Å². The van der Waals surface area contributed by atoms with E-state index in [1.165, 1.54) is 12.8 Å². The molecular formula is C14H20N2O2S. The molecule has 0 atom stereocenters. The van der Waals surface area contributed by atoms with E-state index < -0.39 is 10.0 Å². The Kier molecular flexibility index (Phi) is 2.87. The van der Waals surface area contributed by atoms with Crippen molar-refractivity contribution in [2.45, 2.75) is 37.5 Å². The minimum Gasteiger partial charge on any atom is -0.398 e. The van der Waals surface area contributed by atoms with Crippen LogP contribution in [0, 0.1) is 18.3 Å². The lowest BCUT2D eigenvalue weighted by Gasteiger charge is -2.17. The summed E-state index contributed by atoms with van der Waals surface area (Å²) in [7, 11) is -3.50. The average molecular weight is 280 g/mol. The van der Waals surface area contributed by atoms with Crippen LogP contribution in [0.2, 0.25) is 0 Å². The van der Waals surface area contributed by atoms with Gasteiger partial charge in [0.15, 0.2) is 0 Å². The van der Waals surface area contributed by atoms with Gasteiger partial charge >= 0.3 is 0 Å². The SMILES string of the molecule is Cc1cccc(N)c1S(=O)(=O)NCC1(C2CC2)CC1. The highest BCUT2D eigenvalue weighted by Gasteiger charge is 2.53. The lowest BCUT2D eigenvalue weighted by Crippen LogP contribution is -2.32. The van der Waals surface area contributed by atoms with Crippen LogP contribution < -0.4 is 10.5 Å². The van der Waals surface area contributed by atoms with Gasteiger partial charge in [-0.1, -0.05) is 12.1 Å². The summed E-state index contributed by atoms with van der Waals surface area (Å²) in [6.45, 7) is 2.34. The molecule has 0 aromatic heterocycles. The number of nitrogens with one attached hydrogen (secondary N) is 1. The molecule has 2 fully saturated rings. The van der Waals surface area contributed by atoms with E-state index in [4.69, 9.17) is 5.73 Å². The Morgan fingerprint density at radius 3 is 2.58 bits per heavy atom. The number of benzene rings is 1. The fourth-order valence-electron chi connectivity index (χ4n) is 2.94. The number of nitrogen functional groups attached to an aromatic ring is 1. The highest BCUT2D eigenvalue weighted by molar-refractivity contribution is 7.89. The second kappa shape index (κ2) is 4.21. The largest absolute Gasteiger partial charge is 0.398 e. The van der Waals surface area contributed by atoms with Gasteiger partial charge in [0.1, 0.15) is 4.90 Å². The van der Waals surface area contributed by atoms with Gasteiger partial charge in [0.25, 0.3) is 0 Å². The van der Waals surface area contributed by atoms with Gasteiger partial charge in [0.05, 0.1) is 5.69 Å². The molecule has 2 aliphatic carbocycles. The molecule has 0 unspecified atom stereocenters. The van der Waals surface area contributed by atoms with Crippen molar-refractivity contribution in [2.75, 3.05) is 12.3 Å². The lowest BCUT2D eigenvalue weighted by atomic mass is 10.0. The molecule has 3 rings (SSSR count). The highest BCUT2D eigenvalue weighted by Crippen LogP contribution is 2.60. The molecule has 0 bridgehead atoms.